The zero-order chi connectivity index (χ0) is 18.1. The van der Waals surface area contributed by atoms with Crippen LogP contribution in [-0.4, -0.2) is 33.3 Å². The van der Waals surface area contributed by atoms with Crippen LogP contribution in [0.1, 0.15) is 11.1 Å². The number of carbonyl (C=O) groups is 1. The molecule has 0 aliphatic rings. The van der Waals surface area contributed by atoms with Gasteiger partial charge in [-0.2, -0.15) is 0 Å². The summed E-state index contributed by atoms with van der Waals surface area (Å²) in [6, 6.07) is 11.9. The first kappa shape index (κ1) is 18.6. The SMILES string of the molecule is COc1ccc(CCNC(=O)NCCc2ccccc2F)cc1OC. The molecule has 0 aliphatic carbocycles. The van der Waals surface area contributed by atoms with Crippen LogP contribution >= 0.6 is 0 Å². The number of urea groups is 1. The third-order valence-electron chi connectivity index (χ3n) is 3.78. The highest BCUT2D eigenvalue weighted by Gasteiger charge is 2.06. The smallest absolute Gasteiger partial charge is 0.314 e. The van der Waals surface area contributed by atoms with E-state index < -0.39 is 0 Å². The highest BCUT2D eigenvalue weighted by Crippen LogP contribution is 2.27. The standard InChI is InChI=1S/C19H23FN2O3/c1-24-17-8-7-14(13-18(17)25-2)9-11-21-19(23)22-12-10-15-5-3-4-6-16(15)20/h3-8,13H,9-12H2,1-2H3,(H2,21,22,23). The summed E-state index contributed by atoms with van der Waals surface area (Å²) in [5, 5.41) is 5.51. The Morgan fingerprint density at radius 2 is 1.64 bits per heavy atom. The van der Waals surface area contributed by atoms with E-state index in [0.29, 0.717) is 43.0 Å². The fourth-order valence-electron chi connectivity index (χ4n) is 2.43. The van der Waals surface area contributed by atoms with Crippen LogP contribution in [0.2, 0.25) is 0 Å². The molecule has 2 N–H and O–H groups in total. The number of methoxy groups -OCH3 is 2. The van der Waals surface area contributed by atoms with E-state index in [1.165, 1.54) is 6.07 Å². The van der Waals surface area contributed by atoms with Gasteiger partial charge >= 0.3 is 6.03 Å². The minimum Gasteiger partial charge on any atom is -0.493 e. The van der Waals surface area contributed by atoms with E-state index in [0.717, 1.165) is 5.56 Å². The summed E-state index contributed by atoms with van der Waals surface area (Å²) < 4.78 is 23.9. The molecule has 0 heterocycles. The van der Waals surface area contributed by atoms with Gasteiger partial charge in [0.05, 0.1) is 14.2 Å². The van der Waals surface area contributed by atoms with E-state index >= 15 is 0 Å². The number of nitrogens with one attached hydrogen (secondary N) is 2. The first-order valence-electron chi connectivity index (χ1n) is 8.10. The number of rotatable bonds is 8. The van der Waals surface area contributed by atoms with Gasteiger partial charge in [-0.3, -0.25) is 0 Å². The maximum Gasteiger partial charge on any atom is 0.314 e. The quantitative estimate of drug-likeness (QED) is 0.773. The fraction of sp³-hybridized carbons (Fsp3) is 0.316. The highest BCUT2D eigenvalue weighted by atomic mass is 19.1. The minimum atomic E-state index is -0.267. The van der Waals surface area contributed by atoms with Crippen molar-refractivity contribution in [2.45, 2.75) is 12.8 Å². The van der Waals surface area contributed by atoms with Gasteiger partial charge in [0.15, 0.2) is 11.5 Å². The number of benzene rings is 2. The monoisotopic (exact) mass is 346 g/mol. The van der Waals surface area contributed by atoms with Crippen molar-refractivity contribution in [3.05, 3.63) is 59.4 Å². The normalized spacial score (nSPS) is 10.2. The number of ether oxygens (including phenoxy) is 2. The van der Waals surface area contributed by atoms with E-state index in [1.54, 1.807) is 32.4 Å². The van der Waals surface area contributed by atoms with Gasteiger partial charge in [0.25, 0.3) is 0 Å². The Hall–Kier alpha value is -2.76. The van der Waals surface area contributed by atoms with Crippen LogP contribution in [0.3, 0.4) is 0 Å². The molecule has 5 nitrogen and oxygen atoms in total. The second-order valence-electron chi connectivity index (χ2n) is 5.46. The summed E-state index contributed by atoms with van der Waals surface area (Å²) in [5.41, 5.74) is 1.62. The number of carbonyl (C=O) groups excluding carboxylic acids is 1. The van der Waals surface area contributed by atoms with Crippen LogP contribution in [-0.2, 0) is 12.8 Å². The van der Waals surface area contributed by atoms with Crippen molar-refractivity contribution in [2.24, 2.45) is 0 Å². The van der Waals surface area contributed by atoms with Crippen LogP contribution in [0.5, 0.6) is 11.5 Å². The third-order valence-corrected chi connectivity index (χ3v) is 3.78. The summed E-state index contributed by atoms with van der Waals surface area (Å²) in [4.78, 5) is 11.8. The maximum absolute atomic E-state index is 13.5. The molecular formula is C19H23FN2O3. The van der Waals surface area contributed by atoms with Gasteiger partial charge in [0.2, 0.25) is 0 Å². The van der Waals surface area contributed by atoms with Crippen LogP contribution < -0.4 is 20.1 Å². The Balaban J connectivity index is 1.71. The van der Waals surface area contributed by atoms with Gasteiger partial charge in [-0.25, -0.2) is 9.18 Å². The lowest BCUT2D eigenvalue weighted by atomic mass is 10.1. The summed E-state index contributed by atoms with van der Waals surface area (Å²) in [7, 11) is 3.17. The van der Waals surface area contributed by atoms with Crippen LogP contribution in [0.4, 0.5) is 9.18 Å². The van der Waals surface area contributed by atoms with Gasteiger partial charge < -0.3 is 20.1 Å². The van der Waals surface area contributed by atoms with Gasteiger partial charge in [-0.1, -0.05) is 24.3 Å². The molecule has 25 heavy (non-hydrogen) atoms. The molecule has 0 aromatic heterocycles. The molecule has 0 spiro atoms. The lowest BCUT2D eigenvalue weighted by Crippen LogP contribution is -2.37. The van der Waals surface area contributed by atoms with Gasteiger partial charge in [-0.15, -0.1) is 0 Å². The molecule has 0 atom stereocenters. The topological polar surface area (TPSA) is 59.6 Å². The second kappa shape index (κ2) is 9.52. The summed E-state index contributed by atoms with van der Waals surface area (Å²) in [6.07, 6.45) is 1.12. The molecule has 134 valence electrons. The fourth-order valence-corrected chi connectivity index (χ4v) is 2.43. The first-order chi connectivity index (χ1) is 12.1. The average Bonchev–Trinajstić information content (AvgIpc) is 2.63. The van der Waals surface area contributed by atoms with E-state index in [1.807, 2.05) is 18.2 Å². The zero-order valence-corrected chi connectivity index (χ0v) is 14.5. The molecule has 0 aliphatic heterocycles. The van der Waals surface area contributed by atoms with E-state index in [9.17, 15) is 9.18 Å². The average molecular weight is 346 g/mol. The largest absolute Gasteiger partial charge is 0.493 e. The first-order valence-corrected chi connectivity index (χ1v) is 8.10. The van der Waals surface area contributed by atoms with Crippen LogP contribution in [0, 0.1) is 5.82 Å². The third kappa shape index (κ3) is 5.67. The van der Waals surface area contributed by atoms with Crippen LogP contribution in [0.25, 0.3) is 0 Å². The van der Waals surface area contributed by atoms with Gasteiger partial charge in [-0.05, 0) is 42.2 Å². The minimum absolute atomic E-state index is 0.252. The molecule has 2 amide bonds. The predicted molar refractivity (Wildman–Crippen MR) is 94.8 cm³/mol. The lowest BCUT2D eigenvalue weighted by Gasteiger charge is -2.11. The molecule has 0 fully saturated rings. The van der Waals surface area contributed by atoms with Crippen molar-refractivity contribution in [3.63, 3.8) is 0 Å². The molecule has 0 saturated carbocycles. The molecule has 0 radical (unpaired) electrons. The molecule has 0 saturated heterocycles. The van der Waals surface area contributed by atoms with Crippen molar-refractivity contribution in [1.29, 1.82) is 0 Å². The summed E-state index contributed by atoms with van der Waals surface area (Å²) in [6.45, 7) is 0.865. The van der Waals surface area contributed by atoms with Crippen molar-refractivity contribution in [1.82, 2.24) is 10.6 Å². The Labute approximate surface area is 147 Å². The van der Waals surface area contributed by atoms with Gasteiger partial charge in [0, 0.05) is 13.1 Å². The van der Waals surface area contributed by atoms with E-state index in [2.05, 4.69) is 10.6 Å². The highest BCUT2D eigenvalue weighted by molar-refractivity contribution is 5.73. The molecule has 2 aromatic carbocycles. The molecule has 6 heteroatoms. The van der Waals surface area contributed by atoms with Crippen molar-refractivity contribution < 1.29 is 18.7 Å². The lowest BCUT2D eigenvalue weighted by molar-refractivity contribution is 0.241. The zero-order valence-electron chi connectivity index (χ0n) is 14.5. The molecule has 2 aromatic rings. The summed E-state index contributed by atoms with van der Waals surface area (Å²) in [5.74, 6) is 1.08. The number of halogens is 1. The molecule has 2 rings (SSSR count). The van der Waals surface area contributed by atoms with Crippen molar-refractivity contribution in [2.75, 3.05) is 27.3 Å². The van der Waals surface area contributed by atoms with Crippen LogP contribution in [0.15, 0.2) is 42.5 Å². The number of hydrogen-bond donors (Lipinski definition) is 2. The number of amides is 2. The predicted octanol–water partition coefficient (Wildman–Crippen LogP) is 2.93. The number of hydrogen-bond acceptors (Lipinski definition) is 3. The van der Waals surface area contributed by atoms with Gasteiger partial charge in [0.1, 0.15) is 5.82 Å². The Morgan fingerprint density at radius 1 is 0.960 bits per heavy atom. The van der Waals surface area contributed by atoms with Crippen molar-refractivity contribution >= 4 is 6.03 Å². The Kier molecular flexibility index (Phi) is 7.07. The second-order valence-corrected chi connectivity index (χ2v) is 5.46. The van der Waals surface area contributed by atoms with Crippen molar-refractivity contribution in [3.8, 4) is 11.5 Å². The molecule has 0 unspecified atom stereocenters. The Bertz CT molecular complexity index is 707. The maximum atomic E-state index is 13.5. The van der Waals surface area contributed by atoms with E-state index in [-0.39, 0.29) is 11.8 Å². The van der Waals surface area contributed by atoms with E-state index in [4.69, 9.17) is 9.47 Å². The summed E-state index contributed by atoms with van der Waals surface area (Å²) >= 11 is 0. The molecule has 0 bridgehead atoms. The molecular weight excluding hydrogens is 323 g/mol. The Morgan fingerprint density at radius 3 is 2.32 bits per heavy atom.